The van der Waals surface area contributed by atoms with E-state index in [1.54, 1.807) is 25.1 Å². The van der Waals surface area contributed by atoms with E-state index in [0.717, 1.165) is 0 Å². The van der Waals surface area contributed by atoms with E-state index in [2.05, 4.69) is 15.5 Å². The highest BCUT2D eigenvalue weighted by molar-refractivity contribution is 6.33. The Balaban J connectivity index is 1.56. The molecule has 1 atom stereocenters. The van der Waals surface area contributed by atoms with E-state index in [1.165, 1.54) is 19.2 Å². The average molecular weight is 404 g/mol. The van der Waals surface area contributed by atoms with E-state index in [1.807, 2.05) is 12.1 Å². The van der Waals surface area contributed by atoms with Crippen LogP contribution in [0, 0.1) is 5.82 Å². The molecule has 1 amide bonds. The largest absolute Gasteiger partial charge is 0.494 e. The molecule has 2 aromatic carbocycles. The van der Waals surface area contributed by atoms with E-state index in [0.29, 0.717) is 27.9 Å². The fourth-order valence-corrected chi connectivity index (χ4v) is 2.90. The Kier molecular flexibility index (Phi) is 6.26. The average Bonchev–Trinajstić information content (AvgIpc) is 3.15. The van der Waals surface area contributed by atoms with Crippen LogP contribution in [-0.4, -0.2) is 23.2 Å². The molecule has 28 heavy (non-hydrogen) atoms. The molecule has 146 valence electrons. The molecule has 0 aliphatic rings. The van der Waals surface area contributed by atoms with Crippen LogP contribution >= 0.6 is 11.6 Å². The maximum Gasteiger partial charge on any atom is 0.227 e. The molecule has 0 spiro atoms. The Morgan fingerprint density at radius 2 is 2.11 bits per heavy atom. The van der Waals surface area contributed by atoms with E-state index < -0.39 is 5.82 Å². The molecule has 1 heterocycles. The van der Waals surface area contributed by atoms with Crippen molar-refractivity contribution < 1.29 is 18.4 Å². The van der Waals surface area contributed by atoms with Crippen LogP contribution in [0.4, 0.5) is 4.39 Å². The second kappa shape index (κ2) is 8.84. The Morgan fingerprint density at radius 3 is 2.82 bits per heavy atom. The summed E-state index contributed by atoms with van der Waals surface area (Å²) < 4.78 is 23.9. The monoisotopic (exact) mass is 403 g/mol. The van der Waals surface area contributed by atoms with Crippen LogP contribution in [0.1, 0.15) is 30.8 Å². The van der Waals surface area contributed by atoms with Crippen molar-refractivity contribution in [2.75, 3.05) is 7.11 Å². The van der Waals surface area contributed by atoms with Gasteiger partial charge in [-0.05, 0) is 36.8 Å². The van der Waals surface area contributed by atoms with Crippen molar-refractivity contribution in [1.29, 1.82) is 0 Å². The van der Waals surface area contributed by atoms with Crippen LogP contribution in [0.2, 0.25) is 5.02 Å². The first-order valence-corrected chi connectivity index (χ1v) is 9.06. The Morgan fingerprint density at radius 1 is 1.32 bits per heavy atom. The van der Waals surface area contributed by atoms with Gasteiger partial charge in [0.05, 0.1) is 18.2 Å². The van der Waals surface area contributed by atoms with E-state index in [9.17, 15) is 9.18 Å². The van der Waals surface area contributed by atoms with Gasteiger partial charge in [-0.1, -0.05) is 35.0 Å². The first-order valence-electron chi connectivity index (χ1n) is 8.68. The SMILES string of the molecule is COc1ccc(C(C)NC(=O)CCc2nc(-c3ccccc3Cl)no2)cc1F. The minimum absolute atomic E-state index is 0.160. The standard InChI is InChI=1S/C20H19ClFN3O3/c1-12(13-7-8-17(27-2)16(22)11-13)23-18(26)9-10-19-24-20(25-28-19)14-5-3-4-6-15(14)21/h3-8,11-12H,9-10H2,1-2H3,(H,23,26). The molecule has 0 saturated carbocycles. The van der Waals surface area contributed by atoms with Crippen LogP contribution in [0.5, 0.6) is 5.75 Å². The topological polar surface area (TPSA) is 77.2 Å². The summed E-state index contributed by atoms with van der Waals surface area (Å²) >= 11 is 6.12. The summed E-state index contributed by atoms with van der Waals surface area (Å²) in [5.41, 5.74) is 1.31. The van der Waals surface area contributed by atoms with E-state index in [-0.39, 0.29) is 30.5 Å². The van der Waals surface area contributed by atoms with Gasteiger partial charge < -0.3 is 14.6 Å². The van der Waals surface area contributed by atoms with Crippen molar-refractivity contribution in [2.45, 2.75) is 25.8 Å². The fourth-order valence-electron chi connectivity index (χ4n) is 2.68. The Labute approximate surface area is 166 Å². The number of nitrogens with zero attached hydrogens (tertiary/aromatic N) is 2. The summed E-state index contributed by atoms with van der Waals surface area (Å²) in [6, 6.07) is 11.4. The molecule has 1 unspecified atom stereocenters. The number of ether oxygens (including phenoxy) is 1. The number of methoxy groups -OCH3 is 1. The number of aryl methyl sites for hydroxylation is 1. The van der Waals surface area contributed by atoms with E-state index >= 15 is 0 Å². The van der Waals surface area contributed by atoms with Gasteiger partial charge in [-0.3, -0.25) is 4.79 Å². The molecule has 0 aliphatic heterocycles. The minimum atomic E-state index is -0.473. The van der Waals surface area contributed by atoms with Crippen LogP contribution in [0.15, 0.2) is 47.0 Å². The summed E-state index contributed by atoms with van der Waals surface area (Å²) in [6.07, 6.45) is 0.445. The minimum Gasteiger partial charge on any atom is -0.494 e. The maximum atomic E-state index is 13.8. The third kappa shape index (κ3) is 4.67. The molecule has 0 saturated heterocycles. The summed E-state index contributed by atoms with van der Waals surface area (Å²) in [5.74, 6) is 0.199. The molecule has 0 aliphatic carbocycles. The third-order valence-electron chi connectivity index (χ3n) is 4.20. The van der Waals surface area contributed by atoms with Crippen molar-refractivity contribution in [3.05, 3.63) is 64.8 Å². The number of nitrogens with one attached hydrogen (secondary N) is 1. The number of amides is 1. The molecular formula is C20H19ClFN3O3. The molecule has 1 aromatic heterocycles. The second-order valence-electron chi connectivity index (χ2n) is 6.17. The van der Waals surface area contributed by atoms with E-state index in [4.69, 9.17) is 20.9 Å². The lowest BCUT2D eigenvalue weighted by atomic mass is 10.1. The van der Waals surface area contributed by atoms with Crippen molar-refractivity contribution in [3.63, 3.8) is 0 Å². The molecule has 0 bridgehead atoms. The first kappa shape index (κ1) is 19.8. The third-order valence-corrected chi connectivity index (χ3v) is 4.53. The number of carbonyl (C=O) groups is 1. The molecular weight excluding hydrogens is 385 g/mol. The van der Waals surface area contributed by atoms with Gasteiger partial charge in [0, 0.05) is 18.4 Å². The molecule has 6 nitrogen and oxygen atoms in total. The van der Waals surface area contributed by atoms with Gasteiger partial charge in [0.15, 0.2) is 11.6 Å². The lowest BCUT2D eigenvalue weighted by molar-refractivity contribution is -0.121. The van der Waals surface area contributed by atoms with Crippen molar-refractivity contribution >= 4 is 17.5 Å². The number of carbonyl (C=O) groups excluding carboxylic acids is 1. The molecule has 3 rings (SSSR count). The normalized spacial score (nSPS) is 11.9. The summed E-state index contributed by atoms with van der Waals surface area (Å²) in [6.45, 7) is 1.78. The lowest BCUT2D eigenvalue weighted by Gasteiger charge is -2.15. The maximum absolute atomic E-state index is 13.8. The number of benzene rings is 2. The highest BCUT2D eigenvalue weighted by Crippen LogP contribution is 2.25. The summed E-state index contributed by atoms with van der Waals surface area (Å²) in [4.78, 5) is 16.5. The van der Waals surface area contributed by atoms with Crippen LogP contribution in [0.3, 0.4) is 0 Å². The van der Waals surface area contributed by atoms with Gasteiger partial charge in [0.1, 0.15) is 0 Å². The number of halogens is 2. The van der Waals surface area contributed by atoms with Gasteiger partial charge in [-0.15, -0.1) is 0 Å². The van der Waals surface area contributed by atoms with Crippen LogP contribution < -0.4 is 10.1 Å². The van der Waals surface area contributed by atoms with Crippen molar-refractivity contribution in [2.24, 2.45) is 0 Å². The van der Waals surface area contributed by atoms with Crippen molar-refractivity contribution in [3.8, 4) is 17.1 Å². The Bertz CT molecular complexity index is 977. The first-order chi connectivity index (χ1) is 13.5. The quantitative estimate of drug-likeness (QED) is 0.634. The van der Waals surface area contributed by atoms with Gasteiger partial charge in [0.2, 0.25) is 17.6 Å². The lowest BCUT2D eigenvalue weighted by Crippen LogP contribution is -2.26. The highest BCUT2D eigenvalue weighted by Gasteiger charge is 2.15. The number of hydrogen-bond acceptors (Lipinski definition) is 5. The molecule has 0 fully saturated rings. The smallest absolute Gasteiger partial charge is 0.227 e. The number of rotatable bonds is 7. The molecule has 8 heteroatoms. The molecule has 0 radical (unpaired) electrons. The fraction of sp³-hybridized carbons (Fsp3) is 0.250. The second-order valence-corrected chi connectivity index (χ2v) is 6.58. The zero-order valence-corrected chi connectivity index (χ0v) is 16.2. The van der Waals surface area contributed by atoms with Crippen LogP contribution in [-0.2, 0) is 11.2 Å². The predicted octanol–water partition coefficient (Wildman–Crippen LogP) is 4.35. The predicted molar refractivity (Wildman–Crippen MR) is 103 cm³/mol. The van der Waals surface area contributed by atoms with Crippen LogP contribution in [0.25, 0.3) is 11.4 Å². The summed E-state index contributed by atoms with van der Waals surface area (Å²) in [5, 5.41) is 7.25. The molecule has 3 aromatic rings. The zero-order valence-electron chi connectivity index (χ0n) is 15.4. The van der Waals surface area contributed by atoms with Gasteiger partial charge in [-0.25, -0.2) is 4.39 Å². The van der Waals surface area contributed by atoms with Crippen molar-refractivity contribution in [1.82, 2.24) is 15.5 Å². The Hall–Kier alpha value is -2.93. The van der Waals surface area contributed by atoms with Gasteiger partial charge in [0.25, 0.3) is 0 Å². The molecule has 1 N–H and O–H groups in total. The van der Waals surface area contributed by atoms with Gasteiger partial charge in [-0.2, -0.15) is 4.98 Å². The summed E-state index contributed by atoms with van der Waals surface area (Å²) in [7, 11) is 1.40. The van der Waals surface area contributed by atoms with Gasteiger partial charge >= 0.3 is 0 Å². The highest BCUT2D eigenvalue weighted by atomic mass is 35.5. The zero-order chi connectivity index (χ0) is 20.1. The number of aromatic nitrogens is 2. The number of hydrogen-bond donors (Lipinski definition) is 1.